The van der Waals surface area contributed by atoms with Crippen molar-refractivity contribution >= 4 is 33.2 Å². The number of thioether (sulfide) groups is 1. The Kier molecular flexibility index (Phi) is 5.12. The summed E-state index contributed by atoms with van der Waals surface area (Å²) in [6.07, 6.45) is 1.82. The van der Waals surface area contributed by atoms with Gasteiger partial charge in [-0.3, -0.25) is 14.8 Å². The molecule has 0 unspecified atom stereocenters. The molecule has 9 heteroatoms. The van der Waals surface area contributed by atoms with Crippen molar-refractivity contribution in [2.45, 2.75) is 9.79 Å². The van der Waals surface area contributed by atoms with Crippen LogP contribution in [-0.2, 0) is 10.0 Å². The number of nitro groups is 1. The molecule has 0 heterocycles. The van der Waals surface area contributed by atoms with Crippen LogP contribution < -0.4 is 9.46 Å². The molecule has 0 aliphatic heterocycles. The average molecular weight is 354 g/mol. The molecule has 0 radical (unpaired) electrons. The summed E-state index contributed by atoms with van der Waals surface area (Å²) in [6.45, 7) is 0. The van der Waals surface area contributed by atoms with Crippen LogP contribution in [-0.4, -0.2) is 26.7 Å². The number of benzene rings is 2. The maximum Gasteiger partial charge on any atom is 0.271 e. The molecule has 0 bridgehead atoms. The molecule has 0 aliphatic rings. The number of ether oxygens (including phenoxy) is 1. The van der Waals surface area contributed by atoms with Crippen LogP contribution in [0.1, 0.15) is 0 Å². The Morgan fingerprint density at radius 3 is 2.52 bits per heavy atom. The molecule has 0 aliphatic carbocycles. The molecule has 0 spiro atoms. The van der Waals surface area contributed by atoms with Gasteiger partial charge in [-0.2, -0.15) is 0 Å². The SMILES string of the molecule is COc1ccc([N+](=O)[O-])cc1S(=O)(=O)Nc1ccccc1SC. The lowest BCUT2D eigenvalue weighted by Gasteiger charge is -2.13. The summed E-state index contributed by atoms with van der Waals surface area (Å²) in [6, 6.07) is 10.3. The number of rotatable bonds is 6. The van der Waals surface area contributed by atoms with Gasteiger partial charge >= 0.3 is 0 Å². The molecule has 0 amide bonds. The van der Waals surface area contributed by atoms with Crippen LogP contribution >= 0.6 is 11.8 Å². The number of methoxy groups -OCH3 is 1. The number of para-hydroxylation sites is 1. The van der Waals surface area contributed by atoms with Crippen molar-refractivity contribution in [1.82, 2.24) is 0 Å². The lowest BCUT2D eigenvalue weighted by atomic mass is 10.3. The Bertz CT molecular complexity index is 837. The maximum absolute atomic E-state index is 12.6. The average Bonchev–Trinajstić information content (AvgIpc) is 2.54. The molecule has 0 fully saturated rings. The summed E-state index contributed by atoms with van der Waals surface area (Å²) < 4.78 is 32.7. The summed E-state index contributed by atoms with van der Waals surface area (Å²) >= 11 is 1.38. The normalized spacial score (nSPS) is 11.0. The second kappa shape index (κ2) is 6.88. The number of hydrogen-bond donors (Lipinski definition) is 1. The van der Waals surface area contributed by atoms with Gasteiger partial charge in [0.2, 0.25) is 0 Å². The van der Waals surface area contributed by atoms with E-state index in [1.807, 2.05) is 6.26 Å². The zero-order valence-corrected chi connectivity index (χ0v) is 14.0. The highest BCUT2D eigenvalue weighted by Crippen LogP contribution is 2.32. The molecule has 7 nitrogen and oxygen atoms in total. The fourth-order valence-electron chi connectivity index (χ4n) is 1.92. The van der Waals surface area contributed by atoms with Crippen molar-refractivity contribution in [3.8, 4) is 5.75 Å². The minimum absolute atomic E-state index is 0.0322. The lowest BCUT2D eigenvalue weighted by Crippen LogP contribution is -2.15. The van der Waals surface area contributed by atoms with E-state index in [9.17, 15) is 18.5 Å². The molecule has 2 aromatic carbocycles. The number of hydrogen-bond acceptors (Lipinski definition) is 6. The first-order valence-corrected chi connectivity index (χ1v) is 9.08. The third-order valence-electron chi connectivity index (χ3n) is 3.00. The van der Waals surface area contributed by atoms with Crippen molar-refractivity contribution in [3.63, 3.8) is 0 Å². The van der Waals surface area contributed by atoms with Crippen LogP contribution in [0.25, 0.3) is 0 Å². The second-order valence-corrected chi connectivity index (χ2v) is 6.90. The minimum atomic E-state index is -4.04. The van der Waals surface area contributed by atoms with E-state index >= 15 is 0 Å². The molecule has 0 aromatic heterocycles. The predicted octanol–water partition coefficient (Wildman–Crippen LogP) is 3.13. The van der Waals surface area contributed by atoms with Gasteiger partial charge in [0, 0.05) is 17.0 Å². The van der Waals surface area contributed by atoms with Gasteiger partial charge in [0.05, 0.1) is 17.7 Å². The fraction of sp³-hybridized carbons (Fsp3) is 0.143. The lowest BCUT2D eigenvalue weighted by molar-refractivity contribution is -0.385. The highest BCUT2D eigenvalue weighted by atomic mass is 32.2. The van der Waals surface area contributed by atoms with Crippen molar-refractivity contribution in [2.24, 2.45) is 0 Å². The Labute approximate surface area is 137 Å². The summed E-state index contributed by atoms with van der Waals surface area (Å²) in [5.74, 6) is 0.0322. The number of anilines is 1. The van der Waals surface area contributed by atoms with Crippen LogP contribution in [0.15, 0.2) is 52.3 Å². The zero-order valence-electron chi connectivity index (χ0n) is 12.3. The highest BCUT2D eigenvalue weighted by molar-refractivity contribution is 7.99. The molecule has 0 saturated carbocycles. The third kappa shape index (κ3) is 3.74. The van der Waals surface area contributed by atoms with Crippen molar-refractivity contribution < 1.29 is 18.1 Å². The van der Waals surface area contributed by atoms with Gasteiger partial charge in [-0.15, -0.1) is 11.8 Å². The number of non-ortho nitro benzene ring substituents is 1. The predicted molar refractivity (Wildman–Crippen MR) is 88.7 cm³/mol. The Balaban J connectivity index is 2.50. The monoisotopic (exact) mass is 354 g/mol. The molecule has 2 rings (SSSR count). The van der Waals surface area contributed by atoms with Gasteiger partial charge in [-0.05, 0) is 24.5 Å². The number of nitro benzene ring substituents is 1. The zero-order chi connectivity index (χ0) is 17.0. The quantitative estimate of drug-likeness (QED) is 0.486. The van der Waals surface area contributed by atoms with E-state index < -0.39 is 14.9 Å². The molecule has 2 aromatic rings. The topological polar surface area (TPSA) is 98.5 Å². The van der Waals surface area contributed by atoms with E-state index in [-0.39, 0.29) is 16.3 Å². The van der Waals surface area contributed by atoms with Gasteiger partial charge in [0.1, 0.15) is 10.6 Å². The van der Waals surface area contributed by atoms with E-state index in [4.69, 9.17) is 4.74 Å². The Hall–Kier alpha value is -2.26. The molecule has 0 saturated heterocycles. The maximum atomic E-state index is 12.6. The van der Waals surface area contributed by atoms with Gasteiger partial charge in [-0.25, -0.2) is 8.42 Å². The Morgan fingerprint density at radius 1 is 1.22 bits per heavy atom. The van der Waals surface area contributed by atoms with Gasteiger partial charge in [0.25, 0.3) is 15.7 Å². The summed E-state index contributed by atoms with van der Waals surface area (Å²) in [7, 11) is -2.74. The smallest absolute Gasteiger partial charge is 0.271 e. The largest absolute Gasteiger partial charge is 0.495 e. The van der Waals surface area contributed by atoms with E-state index in [0.29, 0.717) is 5.69 Å². The van der Waals surface area contributed by atoms with Crippen LogP contribution in [0.4, 0.5) is 11.4 Å². The van der Waals surface area contributed by atoms with Crippen LogP contribution in [0.5, 0.6) is 5.75 Å². The third-order valence-corrected chi connectivity index (χ3v) is 5.18. The van der Waals surface area contributed by atoms with Crippen LogP contribution in [0.2, 0.25) is 0 Å². The first kappa shape index (κ1) is 17.1. The van der Waals surface area contributed by atoms with Gasteiger partial charge < -0.3 is 4.74 Å². The van der Waals surface area contributed by atoms with Crippen LogP contribution in [0, 0.1) is 10.1 Å². The summed E-state index contributed by atoms with van der Waals surface area (Å²) in [4.78, 5) is 10.7. The number of sulfonamides is 1. The standard InChI is InChI=1S/C14H14N2O5S2/c1-21-12-8-7-10(16(17)18)9-14(12)23(19,20)15-11-5-3-4-6-13(11)22-2/h3-9,15H,1-2H3. The summed E-state index contributed by atoms with van der Waals surface area (Å²) in [5, 5.41) is 10.9. The first-order chi connectivity index (χ1) is 10.9. The molecular formula is C14H14N2O5S2. The minimum Gasteiger partial charge on any atom is -0.495 e. The molecule has 1 N–H and O–H groups in total. The number of nitrogens with one attached hydrogen (secondary N) is 1. The molecule has 23 heavy (non-hydrogen) atoms. The van der Waals surface area contributed by atoms with E-state index in [0.717, 1.165) is 11.0 Å². The van der Waals surface area contributed by atoms with E-state index in [1.165, 1.54) is 31.0 Å². The molecule has 0 atom stereocenters. The van der Waals surface area contributed by atoms with Crippen molar-refractivity contribution in [1.29, 1.82) is 0 Å². The van der Waals surface area contributed by atoms with Crippen molar-refractivity contribution in [3.05, 3.63) is 52.6 Å². The van der Waals surface area contributed by atoms with E-state index in [2.05, 4.69) is 4.72 Å². The highest BCUT2D eigenvalue weighted by Gasteiger charge is 2.24. The van der Waals surface area contributed by atoms with Gasteiger partial charge in [-0.1, -0.05) is 12.1 Å². The fourth-order valence-corrected chi connectivity index (χ4v) is 3.81. The molecular weight excluding hydrogens is 340 g/mol. The number of nitrogens with zero attached hydrogens (tertiary/aromatic N) is 1. The van der Waals surface area contributed by atoms with E-state index in [1.54, 1.807) is 24.3 Å². The first-order valence-electron chi connectivity index (χ1n) is 6.37. The Morgan fingerprint density at radius 2 is 1.91 bits per heavy atom. The van der Waals surface area contributed by atoms with Crippen LogP contribution in [0.3, 0.4) is 0 Å². The molecule has 122 valence electrons. The summed E-state index contributed by atoms with van der Waals surface area (Å²) in [5.41, 5.74) is 0.0675. The van der Waals surface area contributed by atoms with Crippen molar-refractivity contribution in [2.75, 3.05) is 18.1 Å². The van der Waals surface area contributed by atoms with Gasteiger partial charge in [0.15, 0.2) is 0 Å². The second-order valence-electron chi connectivity index (χ2n) is 4.40.